The van der Waals surface area contributed by atoms with Crippen molar-refractivity contribution in [2.45, 2.75) is 6.18 Å². The number of anilines is 2. The second kappa shape index (κ2) is 4.82. The van der Waals surface area contributed by atoms with Crippen molar-refractivity contribution in [1.82, 2.24) is 0 Å². The first-order valence-corrected chi connectivity index (χ1v) is 5.43. The second-order valence-corrected chi connectivity index (χ2v) is 3.80. The van der Waals surface area contributed by atoms with Crippen LogP contribution in [0.15, 0.2) is 12.1 Å². The Hall–Kier alpha value is -1.11. The van der Waals surface area contributed by atoms with Gasteiger partial charge >= 0.3 is 6.18 Å². The number of alkyl halides is 4. The lowest BCUT2D eigenvalue weighted by Crippen LogP contribution is -2.11. The number of hydrogen-bond acceptors (Lipinski definition) is 3. The lowest BCUT2D eigenvalue weighted by atomic mass is 10.1. The molecule has 4 N–H and O–H groups in total. The van der Waals surface area contributed by atoms with Crippen molar-refractivity contribution in [3.8, 4) is 5.75 Å². The minimum atomic E-state index is -4.54. The highest BCUT2D eigenvalue weighted by Crippen LogP contribution is 2.38. The molecule has 0 saturated heterocycles. The summed E-state index contributed by atoms with van der Waals surface area (Å²) in [6.07, 6.45) is -4.54. The normalized spacial score (nSPS) is 11.5. The van der Waals surface area contributed by atoms with Crippen LogP contribution in [0.2, 0.25) is 0 Å². The standard InChI is InChI=1S/C9H10BrF3N2O/c10-1-2-16-5-3-6(9(11,12)13)8(15)7(14)4-5/h3-4H,1-2,14-15H2. The third kappa shape index (κ3) is 2.94. The second-order valence-electron chi connectivity index (χ2n) is 3.01. The summed E-state index contributed by atoms with van der Waals surface area (Å²) in [5, 5.41) is 0.513. The van der Waals surface area contributed by atoms with E-state index in [1.165, 1.54) is 6.07 Å². The van der Waals surface area contributed by atoms with Crippen LogP contribution in [0.25, 0.3) is 0 Å². The quantitative estimate of drug-likeness (QED) is 0.666. The van der Waals surface area contributed by atoms with Gasteiger partial charge in [0.2, 0.25) is 0 Å². The smallest absolute Gasteiger partial charge is 0.418 e. The van der Waals surface area contributed by atoms with E-state index in [9.17, 15) is 13.2 Å². The molecule has 1 aromatic carbocycles. The molecular weight excluding hydrogens is 289 g/mol. The molecule has 16 heavy (non-hydrogen) atoms. The van der Waals surface area contributed by atoms with Crippen molar-refractivity contribution in [3.05, 3.63) is 17.7 Å². The van der Waals surface area contributed by atoms with Gasteiger partial charge in [-0.2, -0.15) is 13.2 Å². The van der Waals surface area contributed by atoms with E-state index < -0.39 is 17.4 Å². The zero-order valence-corrected chi connectivity index (χ0v) is 9.73. The molecule has 0 aliphatic carbocycles. The molecule has 1 aromatic rings. The topological polar surface area (TPSA) is 61.3 Å². The van der Waals surface area contributed by atoms with Gasteiger partial charge in [-0.15, -0.1) is 0 Å². The minimum absolute atomic E-state index is 0.0541. The van der Waals surface area contributed by atoms with Gasteiger partial charge < -0.3 is 16.2 Å². The number of nitrogen functional groups attached to an aromatic ring is 2. The molecule has 0 bridgehead atoms. The van der Waals surface area contributed by atoms with Crippen molar-refractivity contribution in [2.75, 3.05) is 23.4 Å². The minimum Gasteiger partial charge on any atom is -0.493 e. The van der Waals surface area contributed by atoms with Gasteiger partial charge in [-0.25, -0.2) is 0 Å². The van der Waals surface area contributed by atoms with E-state index >= 15 is 0 Å². The summed E-state index contributed by atoms with van der Waals surface area (Å²) in [4.78, 5) is 0. The van der Waals surface area contributed by atoms with E-state index in [4.69, 9.17) is 16.2 Å². The molecule has 0 fully saturated rings. The van der Waals surface area contributed by atoms with Crippen LogP contribution in [-0.4, -0.2) is 11.9 Å². The maximum absolute atomic E-state index is 12.5. The Kier molecular flexibility index (Phi) is 3.90. The Morgan fingerprint density at radius 2 is 1.88 bits per heavy atom. The van der Waals surface area contributed by atoms with Gasteiger partial charge in [-0.3, -0.25) is 0 Å². The molecule has 0 aliphatic heterocycles. The van der Waals surface area contributed by atoms with Gasteiger partial charge in [0.1, 0.15) is 5.75 Å². The fraction of sp³-hybridized carbons (Fsp3) is 0.333. The van der Waals surface area contributed by atoms with Crippen LogP contribution in [-0.2, 0) is 6.18 Å². The van der Waals surface area contributed by atoms with Crippen molar-refractivity contribution in [2.24, 2.45) is 0 Å². The van der Waals surface area contributed by atoms with Gasteiger partial charge in [0.15, 0.2) is 0 Å². The Labute approximate surface area is 98.7 Å². The summed E-state index contributed by atoms with van der Waals surface area (Å²) >= 11 is 3.09. The van der Waals surface area contributed by atoms with Gasteiger partial charge in [-0.1, -0.05) is 15.9 Å². The molecule has 0 amide bonds. The number of benzene rings is 1. The first-order chi connectivity index (χ1) is 7.36. The summed E-state index contributed by atoms with van der Waals surface area (Å²) in [6.45, 7) is 0.251. The molecule has 0 radical (unpaired) electrons. The Bertz CT molecular complexity index is 382. The lowest BCUT2D eigenvalue weighted by Gasteiger charge is -2.14. The monoisotopic (exact) mass is 298 g/mol. The summed E-state index contributed by atoms with van der Waals surface area (Å²) in [6, 6.07) is 2.11. The fourth-order valence-electron chi connectivity index (χ4n) is 1.12. The van der Waals surface area contributed by atoms with Crippen molar-refractivity contribution < 1.29 is 17.9 Å². The largest absolute Gasteiger partial charge is 0.493 e. The van der Waals surface area contributed by atoms with Crippen LogP contribution >= 0.6 is 15.9 Å². The van der Waals surface area contributed by atoms with Crippen LogP contribution < -0.4 is 16.2 Å². The molecule has 0 saturated carbocycles. The molecule has 0 heterocycles. The van der Waals surface area contributed by atoms with E-state index in [0.717, 1.165) is 6.07 Å². The Morgan fingerprint density at radius 3 is 2.38 bits per heavy atom. The molecule has 3 nitrogen and oxygen atoms in total. The number of rotatable bonds is 3. The Morgan fingerprint density at radius 1 is 1.25 bits per heavy atom. The van der Waals surface area contributed by atoms with Crippen LogP contribution in [0.5, 0.6) is 5.75 Å². The van der Waals surface area contributed by atoms with E-state index in [2.05, 4.69) is 15.9 Å². The third-order valence-corrected chi connectivity index (χ3v) is 2.16. The number of nitrogens with two attached hydrogens (primary N) is 2. The molecule has 0 aliphatic rings. The molecule has 90 valence electrons. The van der Waals surface area contributed by atoms with E-state index in [1.807, 2.05) is 0 Å². The van der Waals surface area contributed by atoms with Gasteiger partial charge in [0, 0.05) is 11.4 Å². The van der Waals surface area contributed by atoms with Crippen LogP contribution in [0.1, 0.15) is 5.56 Å². The number of ether oxygens (including phenoxy) is 1. The first kappa shape index (κ1) is 13.0. The molecule has 0 aromatic heterocycles. The maximum Gasteiger partial charge on any atom is 0.418 e. The number of hydrogen-bond donors (Lipinski definition) is 2. The van der Waals surface area contributed by atoms with Crippen molar-refractivity contribution in [1.29, 1.82) is 0 Å². The molecule has 0 spiro atoms. The average Bonchev–Trinajstić information content (AvgIpc) is 2.17. The van der Waals surface area contributed by atoms with Crippen LogP contribution in [0.3, 0.4) is 0 Å². The number of halogens is 4. The highest BCUT2D eigenvalue weighted by Gasteiger charge is 2.34. The molecule has 0 atom stereocenters. The molecule has 1 rings (SSSR count). The zero-order chi connectivity index (χ0) is 12.3. The zero-order valence-electron chi connectivity index (χ0n) is 8.14. The Balaban J connectivity index is 3.12. The lowest BCUT2D eigenvalue weighted by molar-refractivity contribution is -0.137. The molecule has 7 heteroatoms. The van der Waals surface area contributed by atoms with Crippen molar-refractivity contribution in [3.63, 3.8) is 0 Å². The summed E-state index contributed by atoms with van der Waals surface area (Å²) in [5.74, 6) is 0.0541. The predicted octanol–water partition coefficient (Wildman–Crippen LogP) is 2.64. The first-order valence-electron chi connectivity index (χ1n) is 4.31. The van der Waals surface area contributed by atoms with E-state index in [-0.39, 0.29) is 18.0 Å². The fourth-order valence-corrected chi connectivity index (χ4v) is 1.28. The third-order valence-electron chi connectivity index (χ3n) is 1.84. The van der Waals surface area contributed by atoms with Gasteiger partial charge in [-0.05, 0) is 6.07 Å². The van der Waals surface area contributed by atoms with Crippen LogP contribution in [0, 0.1) is 0 Å². The SMILES string of the molecule is Nc1cc(OCCBr)cc(C(F)(F)F)c1N. The average molecular weight is 299 g/mol. The summed E-state index contributed by atoms with van der Waals surface area (Å²) in [5.41, 5.74) is 9.04. The van der Waals surface area contributed by atoms with Gasteiger partial charge in [0.25, 0.3) is 0 Å². The van der Waals surface area contributed by atoms with Crippen LogP contribution in [0.4, 0.5) is 24.5 Å². The van der Waals surface area contributed by atoms with E-state index in [0.29, 0.717) is 5.33 Å². The predicted molar refractivity (Wildman–Crippen MR) is 59.6 cm³/mol. The summed E-state index contributed by atoms with van der Waals surface area (Å²) < 4.78 is 42.6. The van der Waals surface area contributed by atoms with Gasteiger partial charge in [0.05, 0.1) is 23.5 Å². The highest BCUT2D eigenvalue weighted by molar-refractivity contribution is 9.09. The van der Waals surface area contributed by atoms with Crippen molar-refractivity contribution >= 4 is 27.3 Å². The molecule has 0 unspecified atom stereocenters. The maximum atomic E-state index is 12.5. The molecular formula is C9H10BrF3N2O. The van der Waals surface area contributed by atoms with E-state index in [1.54, 1.807) is 0 Å². The summed E-state index contributed by atoms with van der Waals surface area (Å²) in [7, 11) is 0. The highest BCUT2D eigenvalue weighted by atomic mass is 79.9.